The Labute approximate surface area is 199 Å². The molecule has 1 atom stereocenters. The molecule has 1 amide bonds. The molecule has 3 aromatic carbocycles. The van der Waals surface area contributed by atoms with Crippen LogP contribution in [0.4, 0.5) is 10.1 Å². The zero-order chi connectivity index (χ0) is 23.9. The summed E-state index contributed by atoms with van der Waals surface area (Å²) >= 11 is 0. The van der Waals surface area contributed by atoms with Crippen LogP contribution in [0.3, 0.4) is 0 Å². The van der Waals surface area contributed by atoms with E-state index in [1.165, 1.54) is 18.2 Å². The SMILES string of the molecule is O=C(C1=C2NCCN2C2=C(C(=O)c3ccccc32)C12C(=O)Nc1ccc(F)cc12)c1ccccc1. The highest BCUT2D eigenvalue weighted by atomic mass is 19.1. The highest BCUT2D eigenvalue weighted by molar-refractivity contribution is 6.33. The van der Waals surface area contributed by atoms with Crippen molar-refractivity contribution in [3.8, 4) is 0 Å². The number of hydrogen-bond acceptors (Lipinski definition) is 5. The molecule has 0 radical (unpaired) electrons. The first kappa shape index (κ1) is 19.9. The average molecular weight is 463 g/mol. The number of benzene rings is 3. The number of hydrogen-bond donors (Lipinski definition) is 2. The Morgan fingerprint density at radius 2 is 1.69 bits per heavy atom. The van der Waals surface area contributed by atoms with Crippen molar-refractivity contribution in [3.05, 3.63) is 118 Å². The van der Waals surface area contributed by atoms with Gasteiger partial charge in [0.15, 0.2) is 11.6 Å². The summed E-state index contributed by atoms with van der Waals surface area (Å²) < 4.78 is 14.7. The van der Waals surface area contributed by atoms with Crippen molar-refractivity contribution in [3.63, 3.8) is 0 Å². The third kappa shape index (κ3) is 2.34. The average Bonchev–Trinajstić information content (AvgIpc) is 3.55. The van der Waals surface area contributed by atoms with Gasteiger partial charge in [-0.1, -0.05) is 54.6 Å². The first-order valence-electron chi connectivity index (χ1n) is 11.4. The number of ketones is 2. The van der Waals surface area contributed by atoms with Gasteiger partial charge in [0.05, 0.1) is 11.3 Å². The second-order valence-corrected chi connectivity index (χ2v) is 8.99. The molecule has 2 N–H and O–H groups in total. The van der Waals surface area contributed by atoms with Crippen molar-refractivity contribution in [1.29, 1.82) is 0 Å². The molecule has 0 saturated carbocycles. The van der Waals surface area contributed by atoms with E-state index in [9.17, 15) is 18.8 Å². The Hall–Kier alpha value is -4.52. The lowest BCUT2D eigenvalue weighted by molar-refractivity contribution is -0.118. The van der Waals surface area contributed by atoms with Gasteiger partial charge in [-0.3, -0.25) is 14.4 Å². The number of Topliss-reactive ketones (excluding diaryl/α,β-unsaturated/α-hetero) is 2. The predicted octanol–water partition coefficient (Wildman–Crippen LogP) is 3.64. The van der Waals surface area contributed by atoms with E-state index in [4.69, 9.17) is 0 Å². The van der Waals surface area contributed by atoms with E-state index < -0.39 is 17.1 Å². The molecule has 1 fully saturated rings. The van der Waals surface area contributed by atoms with Gasteiger partial charge in [-0.15, -0.1) is 0 Å². The van der Waals surface area contributed by atoms with Crippen LogP contribution in [-0.4, -0.2) is 35.5 Å². The van der Waals surface area contributed by atoms with Crippen molar-refractivity contribution in [2.24, 2.45) is 0 Å². The first-order valence-corrected chi connectivity index (χ1v) is 11.4. The quantitative estimate of drug-likeness (QED) is 0.568. The molecule has 4 aliphatic rings. The van der Waals surface area contributed by atoms with E-state index in [1.807, 2.05) is 17.0 Å². The fourth-order valence-corrected chi connectivity index (χ4v) is 5.92. The normalized spacial score (nSPS) is 21.6. The number of halogens is 1. The van der Waals surface area contributed by atoms with Gasteiger partial charge < -0.3 is 15.5 Å². The van der Waals surface area contributed by atoms with Crippen LogP contribution in [0, 0.1) is 5.82 Å². The molecule has 1 spiro atoms. The minimum Gasteiger partial charge on any atom is -0.369 e. The summed E-state index contributed by atoms with van der Waals surface area (Å²) in [6.45, 7) is 1.05. The third-order valence-corrected chi connectivity index (χ3v) is 7.28. The maximum absolute atomic E-state index is 14.7. The Bertz CT molecular complexity index is 1570. The smallest absolute Gasteiger partial charge is 0.244 e. The molecule has 0 aromatic heterocycles. The summed E-state index contributed by atoms with van der Waals surface area (Å²) in [5.41, 5.74) is 1.36. The molecular weight excluding hydrogens is 445 g/mol. The summed E-state index contributed by atoms with van der Waals surface area (Å²) in [5, 5.41) is 6.14. The maximum atomic E-state index is 14.7. The van der Waals surface area contributed by atoms with Crippen LogP contribution in [0.2, 0.25) is 0 Å². The molecule has 3 aromatic rings. The van der Waals surface area contributed by atoms with E-state index in [1.54, 1.807) is 42.5 Å². The van der Waals surface area contributed by atoms with Crippen LogP contribution in [-0.2, 0) is 10.2 Å². The molecular formula is C28H18FN3O3. The standard InChI is InChI=1S/C28H18FN3O3/c29-16-10-11-20-19(14-16)28(27(35)31-20)21-23(17-8-4-5-9-18(17)25(21)34)32-13-12-30-26(32)22(28)24(33)15-6-2-1-3-7-15/h1-11,14,30H,12-13H2,(H,31,35). The summed E-state index contributed by atoms with van der Waals surface area (Å²) in [5.74, 6) is -1.32. The molecule has 3 heterocycles. The molecule has 35 heavy (non-hydrogen) atoms. The second-order valence-electron chi connectivity index (χ2n) is 8.99. The molecule has 1 aliphatic carbocycles. The number of amides is 1. The predicted molar refractivity (Wildman–Crippen MR) is 127 cm³/mol. The summed E-state index contributed by atoms with van der Waals surface area (Å²) in [6.07, 6.45) is 0. The highest BCUT2D eigenvalue weighted by Crippen LogP contribution is 2.58. The van der Waals surface area contributed by atoms with Gasteiger partial charge >= 0.3 is 0 Å². The fourth-order valence-electron chi connectivity index (χ4n) is 5.92. The van der Waals surface area contributed by atoms with Gasteiger partial charge in [-0.05, 0) is 18.2 Å². The number of fused-ring (bicyclic) bond motifs is 7. The first-order chi connectivity index (χ1) is 17.0. The van der Waals surface area contributed by atoms with Gasteiger partial charge in [-0.2, -0.15) is 0 Å². The van der Waals surface area contributed by atoms with Crippen molar-refractivity contribution < 1.29 is 18.8 Å². The van der Waals surface area contributed by atoms with Crippen LogP contribution >= 0.6 is 0 Å². The van der Waals surface area contributed by atoms with Gasteiger partial charge in [0, 0.05) is 46.6 Å². The van der Waals surface area contributed by atoms with E-state index in [0.29, 0.717) is 47.0 Å². The maximum Gasteiger partial charge on any atom is 0.244 e. The van der Waals surface area contributed by atoms with E-state index in [2.05, 4.69) is 10.6 Å². The van der Waals surface area contributed by atoms with Gasteiger partial charge in [0.1, 0.15) is 17.1 Å². The van der Waals surface area contributed by atoms with Crippen molar-refractivity contribution in [1.82, 2.24) is 10.2 Å². The lowest BCUT2D eigenvalue weighted by Crippen LogP contribution is -2.48. The zero-order valence-electron chi connectivity index (χ0n) is 18.4. The molecule has 7 heteroatoms. The molecule has 1 unspecified atom stereocenters. The second kappa shape index (κ2) is 6.76. The van der Waals surface area contributed by atoms with Crippen LogP contribution < -0.4 is 10.6 Å². The molecule has 6 nitrogen and oxygen atoms in total. The topological polar surface area (TPSA) is 78.5 Å². The van der Waals surface area contributed by atoms with Gasteiger partial charge in [-0.25, -0.2) is 4.39 Å². The van der Waals surface area contributed by atoms with Gasteiger partial charge in [0.2, 0.25) is 5.91 Å². The Balaban J connectivity index is 1.62. The lowest BCUT2D eigenvalue weighted by Gasteiger charge is -2.39. The van der Waals surface area contributed by atoms with Crippen LogP contribution in [0.5, 0.6) is 0 Å². The molecule has 0 bridgehead atoms. The van der Waals surface area contributed by atoms with E-state index in [-0.39, 0.29) is 28.3 Å². The lowest BCUT2D eigenvalue weighted by atomic mass is 9.64. The minimum atomic E-state index is -1.79. The number of carbonyl (C=O) groups is 3. The fraction of sp³-hybridized carbons (Fsp3) is 0.107. The summed E-state index contributed by atoms with van der Waals surface area (Å²) in [6, 6.07) is 19.8. The summed E-state index contributed by atoms with van der Waals surface area (Å²) in [4.78, 5) is 44.2. The third-order valence-electron chi connectivity index (χ3n) is 7.28. The zero-order valence-corrected chi connectivity index (χ0v) is 18.4. The number of nitrogens with one attached hydrogen (secondary N) is 2. The number of rotatable bonds is 2. The number of anilines is 1. The molecule has 3 aliphatic heterocycles. The van der Waals surface area contributed by atoms with E-state index in [0.717, 1.165) is 0 Å². The van der Waals surface area contributed by atoms with Crippen LogP contribution in [0.15, 0.2) is 89.8 Å². The van der Waals surface area contributed by atoms with Crippen molar-refractivity contribution in [2.75, 3.05) is 18.4 Å². The highest BCUT2D eigenvalue weighted by Gasteiger charge is 2.63. The Morgan fingerprint density at radius 3 is 2.49 bits per heavy atom. The molecule has 1 saturated heterocycles. The van der Waals surface area contributed by atoms with Crippen LogP contribution in [0.25, 0.3) is 5.70 Å². The van der Waals surface area contributed by atoms with Crippen molar-refractivity contribution in [2.45, 2.75) is 5.41 Å². The monoisotopic (exact) mass is 463 g/mol. The summed E-state index contributed by atoms with van der Waals surface area (Å²) in [7, 11) is 0. The van der Waals surface area contributed by atoms with Crippen molar-refractivity contribution >= 4 is 28.9 Å². The number of nitrogens with zero attached hydrogens (tertiary/aromatic N) is 1. The largest absolute Gasteiger partial charge is 0.369 e. The minimum absolute atomic E-state index is 0.142. The number of carbonyl (C=O) groups excluding carboxylic acids is 3. The van der Waals surface area contributed by atoms with E-state index >= 15 is 0 Å². The Kier molecular flexibility index (Phi) is 3.84. The molecule has 170 valence electrons. The Morgan fingerprint density at radius 1 is 0.943 bits per heavy atom. The molecule has 7 rings (SSSR count). The van der Waals surface area contributed by atoms with Crippen LogP contribution in [0.1, 0.15) is 31.8 Å². The van der Waals surface area contributed by atoms with Gasteiger partial charge in [0.25, 0.3) is 0 Å².